The lowest BCUT2D eigenvalue weighted by molar-refractivity contribution is -0.0622. The van der Waals surface area contributed by atoms with Gasteiger partial charge in [-0.2, -0.15) is 4.98 Å². The highest BCUT2D eigenvalue weighted by Crippen LogP contribution is 2.33. The lowest BCUT2D eigenvalue weighted by Crippen LogP contribution is -2.41. The van der Waals surface area contributed by atoms with E-state index in [4.69, 9.17) is 9.26 Å². The predicted molar refractivity (Wildman–Crippen MR) is 81.5 cm³/mol. The summed E-state index contributed by atoms with van der Waals surface area (Å²) in [5, 5.41) is 7.29. The molecule has 1 N–H and O–H groups in total. The van der Waals surface area contributed by atoms with E-state index in [1.807, 2.05) is 6.07 Å². The van der Waals surface area contributed by atoms with Gasteiger partial charge in [0.2, 0.25) is 0 Å². The number of piperidine rings is 1. The maximum atomic E-state index is 13.2. The van der Waals surface area contributed by atoms with Crippen molar-refractivity contribution in [3.8, 4) is 0 Å². The number of ether oxygens (including phenoxy) is 1. The Hall–Kier alpha value is -1.50. The smallest absolute Gasteiger partial charge is 0.258 e. The van der Waals surface area contributed by atoms with Crippen LogP contribution >= 0.6 is 12.4 Å². The van der Waals surface area contributed by atoms with Gasteiger partial charge in [0.05, 0.1) is 0 Å². The number of aromatic nitrogens is 2. The molecule has 0 amide bonds. The highest BCUT2D eigenvalue weighted by molar-refractivity contribution is 5.85. The summed E-state index contributed by atoms with van der Waals surface area (Å²) in [6.07, 6.45) is 2.04. The summed E-state index contributed by atoms with van der Waals surface area (Å²) in [6, 6.07) is 6.41. The van der Waals surface area contributed by atoms with Crippen molar-refractivity contribution in [2.75, 3.05) is 20.2 Å². The van der Waals surface area contributed by atoms with Crippen molar-refractivity contribution in [2.24, 2.45) is 0 Å². The van der Waals surface area contributed by atoms with Crippen LogP contribution in [0, 0.1) is 5.82 Å². The minimum absolute atomic E-state index is 0. The normalized spacial score (nSPS) is 17.0. The van der Waals surface area contributed by atoms with E-state index in [1.165, 1.54) is 12.1 Å². The molecule has 1 aromatic carbocycles. The lowest BCUT2D eigenvalue weighted by Gasteiger charge is -2.32. The second-order valence-corrected chi connectivity index (χ2v) is 5.27. The summed E-state index contributed by atoms with van der Waals surface area (Å²) in [4.78, 5) is 4.45. The number of nitrogens with zero attached hydrogens (tertiary/aromatic N) is 2. The highest BCUT2D eigenvalue weighted by Gasteiger charge is 2.39. The molecule has 1 aliphatic rings. The minimum atomic E-state index is -0.502. The molecule has 0 saturated carbocycles. The Balaban J connectivity index is 0.00000176. The number of rotatable bonds is 4. The SMILES string of the molecule is COC1(c2nc(Cc3cccc(F)c3)no2)CCNCC1.Cl. The summed E-state index contributed by atoms with van der Waals surface area (Å²) < 4.78 is 24.2. The van der Waals surface area contributed by atoms with E-state index in [1.54, 1.807) is 13.2 Å². The standard InChI is InChI=1S/C15H18FN3O2.ClH/c1-20-15(5-7-17-8-6-15)14-18-13(19-21-14)10-11-3-2-4-12(16)9-11;/h2-4,9,17H,5-8,10H2,1H3;1H. The van der Waals surface area contributed by atoms with Gasteiger partial charge in [-0.1, -0.05) is 17.3 Å². The van der Waals surface area contributed by atoms with Gasteiger partial charge in [-0.05, 0) is 43.6 Å². The Kier molecular flexibility index (Phi) is 5.50. The molecule has 3 rings (SSSR count). The number of methoxy groups -OCH3 is 1. The largest absolute Gasteiger partial charge is 0.368 e. The number of benzene rings is 1. The van der Waals surface area contributed by atoms with Crippen molar-refractivity contribution in [1.82, 2.24) is 15.5 Å². The summed E-state index contributed by atoms with van der Waals surface area (Å²) >= 11 is 0. The molecular formula is C15H19ClFN3O2. The third-order valence-corrected chi connectivity index (χ3v) is 3.91. The van der Waals surface area contributed by atoms with Crippen molar-refractivity contribution in [3.05, 3.63) is 47.4 Å². The molecule has 0 aliphatic carbocycles. The molecule has 120 valence electrons. The van der Waals surface area contributed by atoms with E-state index in [0.717, 1.165) is 31.5 Å². The van der Waals surface area contributed by atoms with Crippen LogP contribution in [0.3, 0.4) is 0 Å². The van der Waals surface area contributed by atoms with Crippen molar-refractivity contribution in [2.45, 2.75) is 24.9 Å². The van der Waals surface area contributed by atoms with Crippen LogP contribution in [0.5, 0.6) is 0 Å². The quantitative estimate of drug-likeness (QED) is 0.934. The lowest BCUT2D eigenvalue weighted by atomic mass is 9.92. The van der Waals surface area contributed by atoms with Gasteiger partial charge in [-0.3, -0.25) is 0 Å². The fraction of sp³-hybridized carbons (Fsp3) is 0.467. The van der Waals surface area contributed by atoms with E-state index in [2.05, 4.69) is 15.5 Å². The van der Waals surface area contributed by atoms with Crippen LogP contribution in [0.4, 0.5) is 4.39 Å². The van der Waals surface area contributed by atoms with Gasteiger partial charge in [-0.15, -0.1) is 12.4 Å². The van der Waals surface area contributed by atoms with E-state index in [0.29, 0.717) is 18.1 Å². The zero-order valence-corrected chi connectivity index (χ0v) is 13.2. The molecule has 1 aliphatic heterocycles. The number of halogens is 2. The van der Waals surface area contributed by atoms with Crippen molar-refractivity contribution < 1.29 is 13.7 Å². The van der Waals surface area contributed by atoms with E-state index in [-0.39, 0.29) is 18.2 Å². The van der Waals surface area contributed by atoms with E-state index in [9.17, 15) is 4.39 Å². The number of hydrogen-bond donors (Lipinski definition) is 1. The second-order valence-electron chi connectivity index (χ2n) is 5.27. The van der Waals surface area contributed by atoms with E-state index >= 15 is 0 Å². The van der Waals surface area contributed by atoms with Gasteiger partial charge in [0.1, 0.15) is 11.4 Å². The number of hydrogen-bond acceptors (Lipinski definition) is 5. The van der Waals surface area contributed by atoms with Gasteiger partial charge >= 0.3 is 0 Å². The minimum Gasteiger partial charge on any atom is -0.368 e. The van der Waals surface area contributed by atoms with Crippen LogP contribution in [-0.2, 0) is 16.8 Å². The average molecular weight is 328 g/mol. The van der Waals surface area contributed by atoms with Crippen LogP contribution in [0.1, 0.15) is 30.1 Å². The van der Waals surface area contributed by atoms with E-state index < -0.39 is 5.60 Å². The van der Waals surface area contributed by atoms with Gasteiger partial charge in [-0.25, -0.2) is 4.39 Å². The number of nitrogens with one attached hydrogen (secondary N) is 1. The third kappa shape index (κ3) is 3.45. The van der Waals surface area contributed by atoms with Crippen molar-refractivity contribution in [3.63, 3.8) is 0 Å². The van der Waals surface area contributed by atoms with Gasteiger partial charge < -0.3 is 14.6 Å². The molecule has 7 heteroatoms. The molecule has 0 atom stereocenters. The fourth-order valence-electron chi connectivity index (χ4n) is 2.68. The second kappa shape index (κ2) is 7.17. The highest BCUT2D eigenvalue weighted by atomic mass is 35.5. The summed E-state index contributed by atoms with van der Waals surface area (Å²) in [6.45, 7) is 1.71. The average Bonchev–Trinajstić information content (AvgIpc) is 2.97. The molecular weight excluding hydrogens is 309 g/mol. The summed E-state index contributed by atoms with van der Waals surface area (Å²) in [7, 11) is 1.67. The molecule has 22 heavy (non-hydrogen) atoms. The molecule has 1 aromatic heterocycles. The molecule has 2 heterocycles. The molecule has 5 nitrogen and oxygen atoms in total. The van der Waals surface area contributed by atoms with Crippen LogP contribution in [0.2, 0.25) is 0 Å². The van der Waals surface area contributed by atoms with Gasteiger partial charge in [0, 0.05) is 13.5 Å². The monoisotopic (exact) mass is 327 g/mol. The van der Waals surface area contributed by atoms with Gasteiger partial charge in [0.15, 0.2) is 5.82 Å². The first-order valence-corrected chi connectivity index (χ1v) is 7.05. The molecule has 0 spiro atoms. The molecule has 2 aromatic rings. The first-order chi connectivity index (χ1) is 10.2. The maximum Gasteiger partial charge on any atom is 0.258 e. The molecule has 1 fully saturated rings. The van der Waals surface area contributed by atoms with Gasteiger partial charge in [0.25, 0.3) is 5.89 Å². The topological polar surface area (TPSA) is 60.2 Å². The Morgan fingerprint density at radius 2 is 2.14 bits per heavy atom. The Bertz CT molecular complexity index is 614. The van der Waals surface area contributed by atoms with Crippen molar-refractivity contribution in [1.29, 1.82) is 0 Å². The Morgan fingerprint density at radius 1 is 1.36 bits per heavy atom. The third-order valence-electron chi connectivity index (χ3n) is 3.91. The Morgan fingerprint density at radius 3 is 2.82 bits per heavy atom. The Labute approximate surface area is 134 Å². The summed E-state index contributed by atoms with van der Waals surface area (Å²) in [5.74, 6) is 0.798. The predicted octanol–water partition coefficient (Wildman–Crippen LogP) is 2.45. The zero-order chi connectivity index (χ0) is 14.7. The van der Waals surface area contributed by atoms with Crippen molar-refractivity contribution >= 4 is 12.4 Å². The fourth-order valence-corrected chi connectivity index (χ4v) is 2.68. The first kappa shape index (κ1) is 16.9. The van der Waals surface area contributed by atoms with Crippen LogP contribution in [-0.4, -0.2) is 30.3 Å². The first-order valence-electron chi connectivity index (χ1n) is 7.05. The molecule has 0 bridgehead atoms. The van der Waals surface area contributed by atoms with Crippen LogP contribution < -0.4 is 5.32 Å². The van der Waals surface area contributed by atoms with Crippen LogP contribution in [0.25, 0.3) is 0 Å². The van der Waals surface area contributed by atoms with Crippen LogP contribution in [0.15, 0.2) is 28.8 Å². The maximum absolute atomic E-state index is 13.2. The molecule has 0 radical (unpaired) electrons. The molecule has 0 unspecified atom stereocenters. The zero-order valence-electron chi connectivity index (χ0n) is 12.3. The molecule has 1 saturated heterocycles. The summed E-state index contributed by atoms with van der Waals surface area (Å²) in [5.41, 5.74) is 0.317.